The quantitative estimate of drug-likeness (QED) is 0.851. The first-order valence-electron chi connectivity index (χ1n) is 6.37. The summed E-state index contributed by atoms with van der Waals surface area (Å²) in [5, 5.41) is 3.78. The van der Waals surface area contributed by atoms with E-state index in [4.69, 9.17) is 11.6 Å². The second kappa shape index (κ2) is 6.02. The molecule has 1 aromatic heterocycles. The lowest BCUT2D eigenvalue weighted by atomic mass is 10.0. The van der Waals surface area contributed by atoms with E-state index in [0.717, 1.165) is 17.9 Å². The van der Waals surface area contributed by atoms with Crippen LogP contribution in [0.2, 0.25) is 5.15 Å². The molecular formula is C15H18ClN3. The van der Waals surface area contributed by atoms with Crippen molar-refractivity contribution in [3.05, 3.63) is 52.4 Å². The zero-order valence-electron chi connectivity index (χ0n) is 11.4. The number of halogens is 1. The Bertz CT molecular complexity index is 550. The number of rotatable bonds is 4. The van der Waals surface area contributed by atoms with Gasteiger partial charge in [-0.2, -0.15) is 0 Å². The fraction of sp³-hybridized carbons (Fsp3) is 0.333. The highest BCUT2D eigenvalue weighted by Crippen LogP contribution is 2.19. The molecule has 2 rings (SSSR count). The molecule has 0 saturated carbocycles. The first kappa shape index (κ1) is 13.8. The summed E-state index contributed by atoms with van der Waals surface area (Å²) in [5.41, 5.74) is 3.45. The Morgan fingerprint density at radius 1 is 1.16 bits per heavy atom. The van der Waals surface area contributed by atoms with Gasteiger partial charge in [-0.3, -0.25) is 0 Å². The van der Waals surface area contributed by atoms with Crippen LogP contribution in [0.5, 0.6) is 0 Å². The van der Waals surface area contributed by atoms with E-state index in [0.29, 0.717) is 11.1 Å². The monoisotopic (exact) mass is 275 g/mol. The minimum atomic E-state index is 0.493. The van der Waals surface area contributed by atoms with E-state index >= 15 is 0 Å². The van der Waals surface area contributed by atoms with Crippen LogP contribution in [0.25, 0.3) is 0 Å². The maximum atomic E-state index is 5.96. The molecule has 0 spiro atoms. The number of nitrogens with one attached hydrogen (secondary N) is 1. The maximum Gasteiger partial charge on any atom is 0.137 e. The van der Waals surface area contributed by atoms with Crippen LogP contribution in [-0.2, 0) is 6.54 Å². The molecule has 1 heterocycles. The van der Waals surface area contributed by atoms with Gasteiger partial charge < -0.3 is 5.32 Å². The second-order valence-corrected chi connectivity index (χ2v) is 5.25. The lowest BCUT2D eigenvalue weighted by Crippen LogP contribution is -2.04. The second-order valence-electron chi connectivity index (χ2n) is 4.89. The van der Waals surface area contributed by atoms with E-state index in [1.54, 1.807) is 0 Å². The third kappa shape index (κ3) is 3.44. The highest BCUT2D eigenvalue weighted by molar-refractivity contribution is 6.30. The van der Waals surface area contributed by atoms with Crippen molar-refractivity contribution in [3.63, 3.8) is 0 Å². The Balaban J connectivity index is 2.04. The Labute approximate surface area is 119 Å². The molecule has 0 amide bonds. The van der Waals surface area contributed by atoms with Crippen LogP contribution in [0.3, 0.4) is 0 Å². The van der Waals surface area contributed by atoms with E-state index in [1.807, 2.05) is 6.92 Å². The van der Waals surface area contributed by atoms with Crippen LogP contribution in [-0.4, -0.2) is 9.97 Å². The minimum Gasteiger partial charge on any atom is -0.366 e. The molecule has 1 aromatic carbocycles. The van der Waals surface area contributed by atoms with Crippen molar-refractivity contribution in [2.24, 2.45) is 0 Å². The van der Waals surface area contributed by atoms with Crippen LogP contribution < -0.4 is 5.32 Å². The van der Waals surface area contributed by atoms with Crippen molar-refractivity contribution in [1.29, 1.82) is 0 Å². The molecule has 19 heavy (non-hydrogen) atoms. The predicted molar refractivity (Wildman–Crippen MR) is 79.6 cm³/mol. The van der Waals surface area contributed by atoms with Crippen LogP contribution >= 0.6 is 11.6 Å². The molecule has 0 aliphatic carbocycles. The summed E-state index contributed by atoms with van der Waals surface area (Å²) in [5.74, 6) is 1.35. The Kier molecular flexibility index (Phi) is 4.38. The van der Waals surface area contributed by atoms with Gasteiger partial charge in [0.05, 0.1) is 0 Å². The van der Waals surface area contributed by atoms with E-state index in [1.165, 1.54) is 17.5 Å². The van der Waals surface area contributed by atoms with Crippen LogP contribution in [0.4, 0.5) is 5.82 Å². The van der Waals surface area contributed by atoms with E-state index in [-0.39, 0.29) is 0 Å². The molecule has 0 aliphatic rings. The minimum absolute atomic E-state index is 0.493. The zero-order chi connectivity index (χ0) is 13.8. The smallest absolute Gasteiger partial charge is 0.137 e. The highest BCUT2D eigenvalue weighted by Gasteiger charge is 2.04. The average molecular weight is 276 g/mol. The number of benzene rings is 1. The van der Waals surface area contributed by atoms with Crippen molar-refractivity contribution in [1.82, 2.24) is 9.97 Å². The van der Waals surface area contributed by atoms with Gasteiger partial charge in [-0.15, -0.1) is 0 Å². The van der Waals surface area contributed by atoms with Gasteiger partial charge in [0.25, 0.3) is 0 Å². The number of hydrogen-bond acceptors (Lipinski definition) is 3. The number of nitrogens with zero attached hydrogens (tertiary/aromatic N) is 2. The first-order valence-corrected chi connectivity index (χ1v) is 6.75. The van der Waals surface area contributed by atoms with Crippen LogP contribution in [0.1, 0.15) is 36.5 Å². The SMILES string of the molecule is Cc1c(Cl)ncnc1NCc1ccc(C(C)C)cc1. The van der Waals surface area contributed by atoms with Crippen LogP contribution in [0.15, 0.2) is 30.6 Å². The Morgan fingerprint density at radius 2 is 1.84 bits per heavy atom. The van der Waals surface area contributed by atoms with Gasteiger partial charge in [0, 0.05) is 12.1 Å². The fourth-order valence-electron chi connectivity index (χ4n) is 1.81. The van der Waals surface area contributed by atoms with Crippen molar-refractivity contribution in [3.8, 4) is 0 Å². The van der Waals surface area contributed by atoms with E-state index in [2.05, 4.69) is 53.4 Å². The number of anilines is 1. The first-order chi connectivity index (χ1) is 9.08. The predicted octanol–water partition coefficient (Wildman–Crippen LogP) is 4.17. The van der Waals surface area contributed by atoms with Crippen molar-refractivity contribution >= 4 is 17.4 Å². The highest BCUT2D eigenvalue weighted by atomic mass is 35.5. The standard InChI is InChI=1S/C15H18ClN3/c1-10(2)13-6-4-12(5-7-13)8-17-15-11(3)14(16)18-9-19-15/h4-7,9-10H,8H2,1-3H3,(H,17,18,19). The Hall–Kier alpha value is -1.61. The summed E-state index contributed by atoms with van der Waals surface area (Å²) in [4.78, 5) is 8.13. The third-order valence-electron chi connectivity index (χ3n) is 3.13. The molecule has 100 valence electrons. The van der Waals surface area contributed by atoms with Crippen molar-refractivity contribution < 1.29 is 0 Å². The van der Waals surface area contributed by atoms with Crippen molar-refractivity contribution in [2.75, 3.05) is 5.32 Å². The third-order valence-corrected chi connectivity index (χ3v) is 3.51. The summed E-state index contributed by atoms with van der Waals surface area (Å²) in [7, 11) is 0. The zero-order valence-corrected chi connectivity index (χ0v) is 12.2. The summed E-state index contributed by atoms with van der Waals surface area (Å²) < 4.78 is 0. The molecule has 0 bridgehead atoms. The molecule has 0 atom stereocenters. The summed E-state index contributed by atoms with van der Waals surface area (Å²) in [6, 6.07) is 8.61. The molecule has 4 heteroatoms. The largest absolute Gasteiger partial charge is 0.366 e. The van der Waals surface area contributed by atoms with Gasteiger partial charge in [0.15, 0.2) is 0 Å². The molecule has 0 radical (unpaired) electrons. The number of hydrogen-bond donors (Lipinski definition) is 1. The lowest BCUT2D eigenvalue weighted by molar-refractivity contribution is 0.865. The Morgan fingerprint density at radius 3 is 2.47 bits per heavy atom. The lowest BCUT2D eigenvalue weighted by Gasteiger charge is -2.10. The molecular weight excluding hydrogens is 258 g/mol. The van der Waals surface area contributed by atoms with E-state index in [9.17, 15) is 0 Å². The number of aromatic nitrogens is 2. The molecule has 0 fully saturated rings. The van der Waals surface area contributed by atoms with Crippen molar-refractivity contribution in [2.45, 2.75) is 33.2 Å². The van der Waals surface area contributed by atoms with Gasteiger partial charge in [-0.1, -0.05) is 49.7 Å². The molecule has 0 saturated heterocycles. The summed E-state index contributed by atoms with van der Waals surface area (Å²) >= 11 is 5.96. The summed E-state index contributed by atoms with van der Waals surface area (Å²) in [6.07, 6.45) is 1.47. The van der Waals surface area contributed by atoms with Gasteiger partial charge >= 0.3 is 0 Å². The maximum absolute atomic E-state index is 5.96. The van der Waals surface area contributed by atoms with E-state index < -0.39 is 0 Å². The molecule has 2 aromatic rings. The van der Waals surface area contributed by atoms with Gasteiger partial charge in [0.1, 0.15) is 17.3 Å². The summed E-state index contributed by atoms with van der Waals surface area (Å²) in [6.45, 7) is 7.03. The van der Waals surface area contributed by atoms with Gasteiger partial charge in [-0.05, 0) is 24.0 Å². The van der Waals surface area contributed by atoms with Crippen LogP contribution in [0, 0.1) is 6.92 Å². The molecule has 3 nitrogen and oxygen atoms in total. The van der Waals surface area contributed by atoms with Gasteiger partial charge in [0.2, 0.25) is 0 Å². The topological polar surface area (TPSA) is 37.8 Å². The fourth-order valence-corrected chi connectivity index (χ4v) is 1.95. The molecule has 0 unspecified atom stereocenters. The normalized spacial score (nSPS) is 10.8. The van der Waals surface area contributed by atoms with Gasteiger partial charge in [-0.25, -0.2) is 9.97 Å². The molecule has 1 N–H and O–H groups in total. The molecule has 0 aliphatic heterocycles. The average Bonchev–Trinajstić information content (AvgIpc) is 2.41.